The molecule has 0 radical (unpaired) electrons. The summed E-state index contributed by atoms with van der Waals surface area (Å²) in [7, 11) is 0. The number of fused-ring (bicyclic) bond motifs is 1. The Balaban J connectivity index is 2.77. The quantitative estimate of drug-likeness (QED) is 0.742. The Labute approximate surface area is 97.2 Å². The van der Waals surface area contributed by atoms with Gasteiger partial charge in [-0.2, -0.15) is 0 Å². The Kier molecular flexibility index (Phi) is 2.87. The Morgan fingerprint density at radius 3 is 2.53 bits per heavy atom. The second-order valence-electron chi connectivity index (χ2n) is 3.42. The van der Waals surface area contributed by atoms with E-state index in [1.807, 2.05) is 43.3 Å². The SMILES string of the molecule is CCC(=O)c1cccc2c(Br)cccc12. The van der Waals surface area contributed by atoms with Gasteiger partial charge in [0.2, 0.25) is 0 Å². The minimum atomic E-state index is 0.193. The molecule has 1 nitrogen and oxygen atoms in total. The van der Waals surface area contributed by atoms with Crippen LogP contribution >= 0.6 is 15.9 Å². The summed E-state index contributed by atoms with van der Waals surface area (Å²) in [5.41, 5.74) is 0.816. The molecule has 0 aliphatic heterocycles. The van der Waals surface area contributed by atoms with Crippen LogP contribution in [0.3, 0.4) is 0 Å². The summed E-state index contributed by atoms with van der Waals surface area (Å²) in [6.45, 7) is 1.89. The molecule has 15 heavy (non-hydrogen) atoms. The Bertz CT molecular complexity index is 517. The fourth-order valence-electron chi connectivity index (χ4n) is 1.71. The first-order valence-corrected chi connectivity index (χ1v) is 5.73. The van der Waals surface area contributed by atoms with Crippen LogP contribution in [0, 0.1) is 0 Å². The first kappa shape index (κ1) is 10.4. The van der Waals surface area contributed by atoms with Crippen molar-refractivity contribution in [2.45, 2.75) is 13.3 Å². The summed E-state index contributed by atoms with van der Waals surface area (Å²) in [5.74, 6) is 0.193. The predicted molar refractivity (Wildman–Crippen MR) is 66.3 cm³/mol. The predicted octanol–water partition coefficient (Wildman–Crippen LogP) is 4.20. The molecule has 2 rings (SSSR count). The van der Waals surface area contributed by atoms with Gasteiger partial charge in [-0.3, -0.25) is 4.79 Å². The summed E-state index contributed by atoms with van der Waals surface area (Å²) in [5, 5.41) is 2.12. The third kappa shape index (κ3) is 1.82. The van der Waals surface area contributed by atoms with E-state index in [1.54, 1.807) is 0 Å². The molecule has 2 heteroatoms. The van der Waals surface area contributed by atoms with Crippen molar-refractivity contribution >= 4 is 32.5 Å². The monoisotopic (exact) mass is 262 g/mol. The van der Waals surface area contributed by atoms with Gasteiger partial charge in [-0.1, -0.05) is 53.2 Å². The van der Waals surface area contributed by atoms with Crippen LogP contribution in [-0.2, 0) is 0 Å². The fraction of sp³-hybridized carbons (Fsp3) is 0.154. The number of carbonyl (C=O) groups is 1. The first-order valence-electron chi connectivity index (χ1n) is 4.94. The Morgan fingerprint density at radius 2 is 1.80 bits per heavy atom. The maximum Gasteiger partial charge on any atom is 0.163 e. The van der Waals surface area contributed by atoms with Crippen LogP contribution in [0.25, 0.3) is 10.8 Å². The third-order valence-electron chi connectivity index (χ3n) is 2.49. The summed E-state index contributed by atoms with van der Waals surface area (Å²) < 4.78 is 1.03. The molecular weight excluding hydrogens is 252 g/mol. The second-order valence-corrected chi connectivity index (χ2v) is 4.27. The summed E-state index contributed by atoms with van der Waals surface area (Å²) in [4.78, 5) is 11.7. The smallest absolute Gasteiger partial charge is 0.163 e. The average Bonchev–Trinajstić information content (AvgIpc) is 2.28. The van der Waals surface area contributed by atoms with Gasteiger partial charge in [-0.15, -0.1) is 0 Å². The zero-order valence-corrected chi connectivity index (χ0v) is 10.0. The minimum Gasteiger partial charge on any atom is -0.294 e. The fourth-order valence-corrected chi connectivity index (χ4v) is 2.20. The van der Waals surface area contributed by atoms with Crippen molar-refractivity contribution in [2.24, 2.45) is 0 Å². The van der Waals surface area contributed by atoms with Gasteiger partial charge >= 0.3 is 0 Å². The molecule has 0 saturated carbocycles. The molecule has 0 unspecified atom stereocenters. The van der Waals surface area contributed by atoms with E-state index < -0.39 is 0 Å². The number of Topliss-reactive ketones (excluding diaryl/α,β-unsaturated/α-hetero) is 1. The number of ketones is 1. The standard InChI is InChI=1S/C13H11BrO/c1-2-13(15)11-7-3-6-10-9(11)5-4-8-12(10)14/h3-8H,2H2,1H3. The van der Waals surface area contributed by atoms with Crippen molar-refractivity contribution in [1.29, 1.82) is 0 Å². The van der Waals surface area contributed by atoms with Gasteiger partial charge < -0.3 is 0 Å². The molecule has 0 heterocycles. The van der Waals surface area contributed by atoms with Crippen LogP contribution in [0.4, 0.5) is 0 Å². The number of hydrogen-bond acceptors (Lipinski definition) is 1. The lowest BCUT2D eigenvalue weighted by Gasteiger charge is -2.05. The number of carbonyl (C=O) groups excluding carboxylic acids is 1. The van der Waals surface area contributed by atoms with Crippen LogP contribution in [0.1, 0.15) is 23.7 Å². The molecule has 0 atom stereocenters. The first-order chi connectivity index (χ1) is 7.24. The van der Waals surface area contributed by atoms with E-state index in [2.05, 4.69) is 15.9 Å². The van der Waals surface area contributed by atoms with Gasteiger partial charge in [0, 0.05) is 16.5 Å². The van der Waals surface area contributed by atoms with E-state index in [1.165, 1.54) is 0 Å². The van der Waals surface area contributed by atoms with Gasteiger partial charge in [0.1, 0.15) is 0 Å². The van der Waals surface area contributed by atoms with E-state index in [9.17, 15) is 4.79 Å². The third-order valence-corrected chi connectivity index (χ3v) is 3.18. The molecule has 0 saturated heterocycles. The highest BCUT2D eigenvalue weighted by atomic mass is 79.9. The number of halogens is 1. The lowest BCUT2D eigenvalue weighted by molar-refractivity contribution is 0.0990. The van der Waals surface area contributed by atoms with E-state index in [0.29, 0.717) is 6.42 Å². The molecule has 76 valence electrons. The van der Waals surface area contributed by atoms with Gasteiger partial charge in [-0.25, -0.2) is 0 Å². The maximum atomic E-state index is 11.7. The van der Waals surface area contributed by atoms with E-state index in [4.69, 9.17) is 0 Å². The van der Waals surface area contributed by atoms with E-state index >= 15 is 0 Å². The largest absolute Gasteiger partial charge is 0.294 e. The Hall–Kier alpha value is -1.15. The zero-order valence-electron chi connectivity index (χ0n) is 8.46. The average molecular weight is 263 g/mol. The van der Waals surface area contributed by atoms with Crippen LogP contribution in [0.5, 0.6) is 0 Å². The Morgan fingerprint density at radius 1 is 1.13 bits per heavy atom. The molecule has 0 aliphatic rings. The van der Waals surface area contributed by atoms with Crippen molar-refractivity contribution in [3.05, 3.63) is 46.4 Å². The molecule has 0 fully saturated rings. The molecule has 2 aromatic carbocycles. The van der Waals surface area contributed by atoms with Gasteiger partial charge in [0.05, 0.1) is 0 Å². The summed E-state index contributed by atoms with van der Waals surface area (Å²) in [6.07, 6.45) is 0.547. The topological polar surface area (TPSA) is 17.1 Å². The highest BCUT2D eigenvalue weighted by Crippen LogP contribution is 2.26. The van der Waals surface area contributed by atoms with Crippen LogP contribution in [0.2, 0.25) is 0 Å². The highest BCUT2D eigenvalue weighted by molar-refractivity contribution is 9.10. The molecule has 0 spiro atoms. The minimum absolute atomic E-state index is 0.193. The zero-order chi connectivity index (χ0) is 10.8. The summed E-state index contributed by atoms with van der Waals surface area (Å²) >= 11 is 3.49. The molecular formula is C13H11BrO. The van der Waals surface area contributed by atoms with Crippen molar-refractivity contribution in [3.63, 3.8) is 0 Å². The van der Waals surface area contributed by atoms with Crippen molar-refractivity contribution < 1.29 is 4.79 Å². The molecule has 0 aliphatic carbocycles. The van der Waals surface area contributed by atoms with E-state index in [-0.39, 0.29) is 5.78 Å². The van der Waals surface area contributed by atoms with Gasteiger partial charge in [0.25, 0.3) is 0 Å². The molecule has 0 amide bonds. The number of benzene rings is 2. The number of hydrogen-bond donors (Lipinski definition) is 0. The van der Waals surface area contributed by atoms with Crippen molar-refractivity contribution in [2.75, 3.05) is 0 Å². The molecule has 0 bridgehead atoms. The normalized spacial score (nSPS) is 10.5. The molecule has 0 N–H and O–H groups in total. The molecule has 2 aromatic rings. The highest BCUT2D eigenvalue weighted by Gasteiger charge is 2.08. The van der Waals surface area contributed by atoms with Crippen molar-refractivity contribution in [1.82, 2.24) is 0 Å². The number of rotatable bonds is 2. The van der Waals surface area contributed by atoms with Gasteiger partial charge in [-0.05, 0) is 16.8 Å². The second kappa shape index (κ2) is 4.15. The maximum absolute atomic E-state index is 11.7. The lowest BCUT2D eigenvalue weighted by atomic mass is 10.0. The van der Waals surface area contributed by atoms with E-state index in [0.717, 1.165) is 20.8 Å². The van der Waals surface area contributed by atoms with Crippen LogP contribution < -0.4 is 0 Å². The lowest BCUT2D eigenvalue weighted by Crippen LogP contribution is -1.97. The van der Waals surface area contributed by atoms with Crippen molar-refractivity contribution in [3.8, 4) is 0 Å². The summed E-state index contributed by atoms with van der Waals surface area (Å²) in [6, 6.07) is 11.8. The van der Waals surface area contributed by atoms with Crippen LogP contribution in [-0.4, -0.2) is 5.78 Å². The van der Waals surface area contributed by atoms with Crippen LogP contribution in [0.15, 0.2) is 40.9 Å². The molecule has 0 aromatic heterocycles. The van der Waals surface area contributed by atoms with Gasteiger partial charge in [0.15, 0.2) is 5.78 Å².